The quantitative estimate of drug-likeness (QED) is 0.142. The number of nitrogen functional groups attached to an aromatic ring is 2. The van der Waals surface area contributed by atoms with Crippen molar-refractivity contribution < 1.29 is 45.1 Å². The van der Waals surface area contributed by atoms with Gasteiger partial charge in [-0.1, -0.05) is 48.5 Å². The number of carbonyl (C=O) groups excluding carboxylic acids is 4. The van der Waals surface area contributed by atoms with E-state index < -0.39 is 75.7 Å². The van der Waals surface area contributed by atoms with Crippen molar-refractivity contribution in [3.05, 3.63) is 129 Å². The predicted octanol–water partition coefficient (Wildman–Crippen LogP) is 3.70. The van der Waals surface area contributed by atoms with Gasteiger partial charge < -0.3 is 31.2 Å². The van der Waals surface area contributed by atoms with Crippen molar-refractivity contribution >= 4 is 77.5 Å². The maximum absolute atomic E-state index is 13.6. The van der Waals surface area contributed by atoms with Crippen LogP contribution in [0.1, 0.15) is 63.7 Å². The minimum Gasteiger partial charge on any atom is -0.744 e. The van der Waals surface area contributed by atoms with Gasteiger partial charge >= 0.3 is 0 Å². The van der Waals surface area contributed by atoms with Crippen molar-refractivity contribution in [2.75, 3.05) is 22.1 Å². The van der Waals surface area contributed by atoms with Gasteiger partial charge in [0.05, 0.1) is 54.8 Å². The molecule has 6 N–H and O–H groups in total. The van der Waals surface area contributed by atoms with Crippen LogP contribution in [-0.4, -0.2) is 49.1 Å². The van der Waals surface area contributed by atoms with Crippen LogP contribution in [0.4, 0.5) is 34.1 Å². The highest BCUT2D eigenvalue weighted by atomic mass is 32.2. The summed E-state index contributed by atoms with van der Waals surface area (Å²) < 4.78 is 72.8. The summed E-state index contributed by atoms with van der Waals surface area (Å²) in [4.78, 5) is 52.2. The van der Waals surface area contributed by atoms with Crippen molar-refractivity contribution in [1.82, 2.24) is 0 Å². The largest absolute Gasteiger partial charge is 0.744 e. The molecule has 14 nitrogen and oxygen atoms in total. The minimum atomic E-state index is -5.21. The smallest absolute Gasteiger partial charge is 0.196 e. The van der Waals surface area contributed by atoms with E-state index in [4.69, 9.17) is 11.5 Å². The Hall–Kier alpha value is -6.20. The highest BCUT2D eigenvalue weighted by Gasteiger charge is 2.37. The third kappa shape index (κ3) is 5.01. The molecule has 0 bridgehead atoms. The first-order valence-electron chi connectivity index (χ1n) is 14.4. The lowest BCUT2D eigenvalue weighted by atomic mass is 9.82. The van der Waals surface area contributed by atoms with Gasteiger partial charge in [0.15, 0.2) is 23.1 Å². The molecule has 0 amide bonds. The van der Waals surface area contributed by atoms with Crippen LogP contribution in [0.2, 0.25) is 0 Å². The van der Waals surface area contributed by atoms with Crippen molar-refractivity contribution in [3.8, 4) is 0 Å². The Morgan fingerprint density at radius 3 is 1.02 bits per heavy atom. The summed E-state index contributed by atoms with van der Waals surface area (Å²) in [5, 5.41) is 5.72. The molecule has 0 atom stereocenters. The Balaban J connectivity index is 1.30. The Labute approximate surface area is 283 Å². The number of fused-ring (bicyclic) bond motifs is 4. The maximum atomic E-state index is 13.6. The number of nitrogens with two attached hydrogens (primary N) is 2. The molecular weight excluding hydrogens is 689 g/mol. The van der Waals surface area contributed by atoms with Crippen molar-refractivity contribution in [2.24, 2.45) is 0 Å². The summed E-state index contributed by atoms with van der Waals surface area (Å²) in [6.45, 7) is 0. The number of rotatable bonds is 6. The van der Waals surface area contributed by atoms with E-state index in [1.807, 2.05) is 0 Å². The van der Waals surface area contributed by atoms with E-state index in [0.29, 0.717) is 0 Å². The molecule has 0 unspecified atom stereocenters. The van der Waals surface area contributed by atoms with E-state index >= 15 is 0 Å². The first kappa shape index (κ1) is 32.4. The molecule has 2 aliphatic carbocycles. The molecule has 16 heteroatoms. The molecule has 0 fully saturated rings. The Morgan fingerprint density at radius 1 is 0.460 bits per heavy atom. The molecule has 0 saturated heterocycles. The lowest BCUT2D eigenvalue weighted by molar-refractivity contribution is 0.0980. The summed E-state index contributed by atoms with van der Waals surface area (Å²) in [7, 11) is -10.4. The Kier molecular flexibility index (Phi) is 7.23. The molecule has 50 heavy (non-hydrogen) atoms. The van der Waals surface area contributed by atoms with Gasteiger partial charge in [-0.25, -0.2) is 16.8 Å². The molecule has 5 aromatic carbocycles. The van der Waals surface area contributed by atoms with E-state index in [-0.39, 0.29) is 56.1 Å². The lowest BCUT2D eigenvalue weighted by Crippen LogP contribution is -2.25. The number of carbonyl (C=O) groups is 4. The van der Waals surface area contributed by atoms with Gasteiger partial charge in [0.1, 0.15) is 20.2 Å². The Morgan fingerprint density at radius 2 is 0.740 bits per heavy atom. The molecular formula is C34H20N4O10S2-2. The zero-order chi connectivity index (χ0) is 35.9. The molecule has 2 aliphatic rings. The van der Waals surface area contributed by atoms with Gasteiger partial charge in [0.25, 0.3) is 0 Å². The fourth-order valence-corrected chi connectivity index (χ4v) is 7.41. The van der Waals surface area contributed by atoms with E-state index in [1.54, 1.807) is 12.1 Å². The van der Waals surface area contributed by atoms with Crippen LogP contribution in [0.3, 0.4) is 0 Å². The molecule has 0 saturated carbocycles. The number of hydrogen-bond donors (Lipinski definition) is 4. The third-order valence-corrected chi connectivity index (χ3v) is 10.1. The van der Waals surface area contributed by atoms with E-state index in [9.17, 15) is 45.1 Å². The first-order chi connectivity index (χ1) is 23.6. The van der Waals surface area contributed by atoms with Crippen LogP contribution in [0.25, 0.3) is 0 Å². The second-order valence-corrected chi connectivity index (χ2v) is 14.0. The monoisotopic (exact) mass is 708 g/mol. The maximum Gasteiger partial charge on any atom is 0.196 e. The summed E-state index contributed by atoms with van der Waals surface area (Å²) in [6, 6.07) is 19.2. The SMILES string of the molecule is Nc1c(S(=O)(=O)[O-])cc(Nc2ccc(Nc3cc(S(=O)(=O)[O-])c(N)c4c3C(=O)c3ccccc3C4=O)cc2)c2c1C(=O)c1ccccc1C2=O. The molecule has 0 radical (unpaired) electrons. The number of benzene rings is 5. The number of ketones is 4. The molecule has 0 heterocycles. The topological polar surface area (TPSA) is 259 Å². The molecule has 5 aromatic rings. The Bertz CT molecular complexity index is 2450. The van der Waals surface area contributed by atoms with Gasteiger partial charge in [-0.05, 0) is 36.4 Å². The van der Waals surface area contributed by atoms with Gasteiger partial charge in [-0.15, -0.1) is 0 Å². The van der Waals surface area contributed by atoms with Crippen molar-refractivity contribution in [1.29, 1.82) is 0 Å². The fraction of sp³-hybridized carbons (Fsp3) is 0. The average molecular weight is 709 g/mol. The van der Waals surface area contributed by atoms with Crippen molar-refractivity contribution in [2.45, 2.75) is 9.79 Å². The molecule has 7 rings (SSSR count). The second-order valence-electron chi connectivity index (χ2n) is 11.3. The zero-order valence-electron chi connectivity index (χ0n) is 25.1. The van der Waals surface area contributed by atoms with Gasteiger partial charge in [-0.3, -0.25) is 19.2 Å². The third-order valence-electron chi connectivity index (χ3n) is 8.38. The lowest BCUT2D eigenvalue weighted by Gasteiger charge is -2.25. The summed E-state index contributed by atoms with van der Waals surface area (Å²) in [5.74, 6) is -2.78. The second kappa shape index (κ2) is 11.2. The van der Waals surface area contributed by atoms with E-state index in [2.05, 4.69) is 10.6 Å². The standard InChI is InChI=1S/C34H22N4O10S2/c35-29-23(49(43,44)45)13-21(25-27(29)33(41)19-7-3-1-5-17(19)31(25)39)37-15-9-11-16(12-10-15)38-22-14-24(50(46,47)48)30(36)28-26(22)32(40)18-6-2-4-8-20(18)34(28)42/h1-14,37-38H,35-36H2,(H,43,44,45)(H,46,47,48)/p-2. The van der Waals surface area contributed by atoms with Crippen molar-refractivity contribution in [3.63, 3.8) is 0 Å². The molecule has 0 aliphatic heterocycles. The van der Waals surface area contributed by atoms with Crippen LogP contribution < -0.4 is 22.1 Å². The summed E-state index contributed by atoms with van der Waals surface area (Å²) >= 11 is 0. The summed E-state index contributed by atoms with van der Waals surface area (Å²) in [5.41, 5.74) is 9.42. The van der Waals surface area contributed by atoms with Crippen LogP contribution in [-0.2, 0) is 20.2 Å². The summed E-state index contributed by atoms with van der Waals surface area (Å²) in [6.07, 6.45) is 0. The average Bonchev–Trinajstić information content (AvgIpc) is 3.07. The predicted molar refractivity (Wildman–Crippen MR) is 177 cm³/mol. The molecule has 0 spiro atoms. The number of hydrogen-bond acceptors (Lipinski definition) is 14. The number of nitrogens with one attached hydrogen (secondary N) is 2. The normalized spacial score (nSPS) is 13.6. The highest BCUT2D eigenvalue weighted by molar-refractivity contribution is 7.86. The van der Waals surface area contributed by atoms with E-state index in [1.165, 1.54) is 60.7 Å². The van der Waals surface area contributed by atoms with Crippen LogP contribution in [0.5, 0.6) is 0 Å². The van der Waals surface area contributed by atoms with Gasteiger partial charge in [0, 0.05) is 33.6 Å². The van der Waals surface area contributed by atoms with Gasteiger partial charge in [0.2, 0.25) is 0 Å². The van der Waals surface area contributed by atoms with Crippen LogP contribution in [0, 0.1) is 0 Å². The zero-order valence-corrected chi connectivity index (χ0v) is 26.8. The molecule has 250 valence electrons. The molecule has 0 aromatic heterocycles. The van der Waals surface area contributed by atoms with E-state index in [0.717, 1.165) is 12.1 Å². The first-order valence-corrected chi connectivity index (χ1v) is 17.2. The minimum absolute atomic E-state index is 0.0139. The van der Waals surface area contributed by atoms with Crippen LogP contribution in [0.15, 0.2) is 94.7 Å². The van der Waals surface area contributed by atoms with Crippen LogP contribution >= 0.6 is 0 Å². The highest BCUT2D eigenvalue weighted by Crippen LogP contribution is 2.42. The van der Waals surface area contributed by atoms with Gasteiger partial charge in [-0.2, -0.15) is 0 Å². The fourth-order valence-electron chi connectivity index (χ4n) is 6.15. The number of anilines is 6.